The lowest BCUT2D eigenvalue weighted by molar-refractivity contribution is 0.749. The molecule has 0 fully saturated rings. The van der Waals surface area contributed by atoms with Crippen molar-refractivity contribution in [3.8, 4) is 0 Å². The summed E-state index contributed by atoms with van der Waals surface area (Å²) in [6.07, 6.45) is 0.692. The molecule has 1 atom stereocenters. The van der Waals surface area contributed by atoms with Crippen molar-refractivity contribution in [1.82, 2.24) is 0 Å². The van der Waals surface area contributed by atoms with E-state index in [2.05, 4.69) is 31.2 Å². The Balaban J connectivity index is 1.94. The number of hydrogen-bond acceptors (Lipinski definition) is 2. The first-order valence-corrected chi connectivity index (χ1v) is 8.18. The van der Waals surface area contributed by atoms with Crippen LogP contribution in [0.25, 0.3) is 0 Å². The lowest BCUT2D eigenvalue weighted by Gasteiger charge is -2.14. The highest BCUT2D eigenvalue weighted by molar-refractivity contribution is 7.99. The molecule has 1 nitrogen and oxygen atoms in total. The second-order valence-corrected chi connectivity index (χ2v) is 6.70. The molecule has 1 unspecified atom stereocenters. The molecule has 0 aliphatic rings. The first-order chi connectivity index (χ1) is 9.56. The molecule has 2 aromatic rings. The minimum atomic E-state index is 0.0258. The third-order valence-electron chi connectivity index (χ3n) is 2.98. The lowest BCUT2D eigenvalue weighted by atomic mass is 10.1. The Bertz CT molecular complexity index is 566. The van der Waals surface area contributed by atoms with Gasteiger partial charge in [-0.05, 0) is 43.2 Å². The maximum atomic E-state index is 6.19. The first kappa shape index (κ1) is 15.7. The van der Waals surface area contributed by atoms with Gasteiger partial charge in [-0.25, -0.2) is 0 Å². The van der Waals surface area contributed by atoms with Gasteiger partial charge in [0.05, 0.1) is 0 Å². The smallest absolute Gasteiger partial charge is 0.0453 e. The van der Waals surface area contributed by atoms with Gasteiger partial charge in [0.2, 0.25) is 0 Å². The summed E-state index contributed by atoms with van der Waals surface area (Å²) in [5, 5.41) is 1.38. The van der Waals surface area contributed by atoms with E-state index in [1.807, 2.05) is 18.2 Å². The number of benzene rings is 2. The molecule has 2 N–H and O–H groups in total. The molecule has 0 spiro atoms. The summed E-state index contributed by atoms with van der Waals surface area (Å²) < 4.78 is 0. The van der Waals surface area contributed by atoms with Crippen LogP contribution >= 0.6 is 35.0 Å². The molecule has 20 heavy (non-hydrogen) atoms. The molecule has 0 aromatic heterocycles. The fourth-order valence-corrected chi connectivity index (χ4v) is 3.48. The van der Waals surface area contributed by atoms with Crippen LogP contribution in [0.4, 0.5) is 0 Å². The molecule has 2 aromatic carbocycles. The molecule has 0 radical (unpaired) electrons. The van der Waals surface area contributed by atoms with E-state index in [-0.39, 0.29) is 6.04 Å². The zero-order chi connectivity index (χ0) is 14.5. The summed E-state index contributed by atoms with van der Waals surface area (Å²) in [7, 11) is 0. The topological polar surface area (TPSA) is 26.0 Å². The van der Waals surface area contributed by atoms with Gasteiger partial charge in [-0.1, -0.05) is 47.0 Å². The number of aryl methyl sites for hydroxylation is 1. The van der Waals surface area contributed by atoms with Crippen molar-refractivity contribution in [1.29, 1.82) is 0 Å². The Morgan fingerprint density at radius 3 is 2.40 bits per heavy atom. The Kier molecular flexibility index (Phi) is 5.79. The van der Waals surface area contributed by atoms with Crippen molar-refractivity contribution in [2.45, 2.75) is 24.3 Å². The maximum Gasteiger partial charge on any atom is 0.0453 e. The van der Waals surface area contributed by atoms with Crippen LogP contribution in [0.15, 0.2) is 47.4 Å². The third kappa shape index (κ3) is 4.42. The van der Waals surface area contributed by atoms with Crippen LogP contribution in [0.3, 0.4) is 0 Å². The van der Waals surface area contributed by atoms with Gasteiger partial charge in [-0.3, -0.25) is 0 Å². The van der Waals surface area contributed by atoms with Gasteiger partial charge >= 0.3 is 0 Å². The normalized spacial score (nSPS) is 12.4. The van der Waals surface area contributed by atoms with Crippen molar-refractivity contribution in [3.05, 3.63) is 63.6 Å². The lowest BCUT2D eigenvalue weighted by Crippen LogP contribution is -2.25. The van der Waals surface area contributed by atoms with Crippen molar-refractivity contribution in [3.63, 3.8) is 0 Å². The Morgan fingerprint density at radius 1 is 1.10 bits per heavy atom. The highest BCUT2D eigenvalue weighted by atomic mass is 35.5. The monoisotopic (exact) mass is 325 g/mol. The fraction of sp³-hybridized carbons (Fsp3) is 0.250. The Labute approximate surface area is 134 Å². The molecule has 0 saturated heterocycles. The molecule has 0 bridgehead atoms. The molecule has 0 amide bonds. The number of nitrogens with two attached hydrogens (primary N) is 1. The first-order valence-electron chi connectivity index (χ1n) is 6.44. The van der Waals surface area contributed by atoms with Crippen molar-refractivity contribution in [2.24, 2.45) is 5.73 Å². The van der Waals surface area contributed by atoms with E-state index < -0.39 is 0 Å². The Morgan fingerprint density at radius 2 is 1.75 bits per heavy atom. The van der Waals surface area contributed by atoms with Crippen LogP contribution < -0.4 is 5.73 Å². The molecule has 0 heterocycles. The standard InChI is InChI=1S/C16H17Cl2NS/c1-11-4-2-5-13(8-11)20-10-12(19)9-14-15(17)6-3-7-16(14)18/h2-8,12H,9-10,19H2,1H3. The molecular formula is C16H17Cl2NS. The molecule has 0 aliphatic carbocycles. The summed E-state index contributed by atoms with van der Waals surface area (Å²) in [6, 6.07) is 14.0. The molecular weight excluding hydrogens is 309 g/mol. The van der Waals surface area contributed by atoms with E-state index in [4.69, 9.17) is 28.9 Å². The summed E-state index contributed by atoms with van der Waals surface area (Å²) in [6.45, 7) is 2.09. The highest BCUT2D eigenvalue weighted by Crippen LogP contribution is 2.27. The number of hydrogen-bond donors (Lipinski definition) is 1. The van der Waals surface area contributed by atoms with Crippen molar-refractivity contribution < 1.29 is 0 Å². The van der Waals surface area contributed by atoms with Gasteiger partial charge < -0.3 is 5.73 Å². The van der Waals surface area contributed by atoms with Gasteiger partial charge in [-0.15, -0.1) is 11.8 Å². The SMILES string of the molecule is Cc1cccc(SCC(N)Cc2c(Cl)cccc2Cl)c1. The van der Waals surface area contributed by atoms with Crippen LogP contribution in [0, 0.1) is 6.92 Å². The largest absolute Gasteiger partial charge is 0.327 e. The Hall–Kier alpha value is -0.670. The molecule has 0 saturated carbocycles. The summed E-state index contributed by atoms with van der Waals surface area (Å²) >= 11 is 14.1. The van der Waals surface area contributed by atoms with Crippen molar-refractivity contribution in [2.75, 3.05) is 5.75 Å². The quantitative estimate of drug-likeness (QED) is 0.786. The van der Waals surface area contributed by atoms with Crippen LogP contribution in [0.5, 0.6) is 0 Å². The van der Waals surface area contributed by atoms with E-state index >= 15 is 0 Å². The molecule has 4 heteroatoms. The highest BCUT2D eigenvalue weighted by Gasteiger charge is 2.11. The zero-order valence-corrected chi connectivity index (χ0v) is 13.6. The molecule has 0 aliphatic heterocycles. The van der Waals surface area contributed by atoms with Gasteiger partial charge in [0.25, 0.3) is 0 Å². The van der Waals surface area contributed by atoms with Gasteiger partial charge in [0.1, 0.15) is 0 Å². The van der Waals surface area contributed by atoms with Gasteiger partial charge in [-0.2, -0.15) is 0 Å². The number of halogens is 2. The molecule has 2 rings (SSSR count). The number of thioether (sulfide) groups is 1. The maximum absolute atomic E-state index is 6.19. The minimum Gasteiger partial charge on any atom is -0.327 e. The third-order valence-corrected chi connectivity index (χ3v) is 4.87. The second-order valence-electron chi connectivity index (χ2n) is 4.79. The van der Waals surface area contributed by atoms with E-state index in [1.165, 1.54) is 10.5 Å². The minimum absolute atomic E-state index is 0.0258. The van der Waals surface area contributed by atoms with Crippen LogP contribution in [-0.2, 0) is 6.42 Å². The van der Waals surface area contributed by atoms with E-state index in [0.717, 1.165) is 11.3 Å². The average molecular weight is 326 g/mol. The summed E-state index contributed by atoms with van der Waals surface area (Å²) in [5.41, 5.74) is 8.39. The van der Waals surface area contributed by atoms with Gasteiger partial charge in [0.15, 0.2) is 0 Å². The van der Waals surface area contributed by atoms with E-state index in [1.54, 1.807) is 11.8 Å². The van der Waals surface area contributed by atoms with E-state index in [0.29, 0.717) is 16.5 Å². The second kappa shape index (κ2) is 7.37. The van der Waals surface area contributed by atoms with Gasteiger partial charge in [0, 0.05) is 26.7 Å². The van der Waals surface area contributed by atoms with E-state index in [9.17, 15) is 0 Å². The summed E-state index contributed by atoms with van der Waals surface area (Å²) in [4.78, 5) is 1.24. The fourth-order valence-electron chi connectivity index (χ4n) is 1.96. The molecule has 106 valence electrons. The number of rotatable bonds is 5. The average Bonchev–Trinajstić information content (AvgIpc) is 2.41. The predicted molar refractivity (Wildman–Crippen MR) is 90.0 cm³/mol. The van der Waals surface area contributed by atoms with Crippen LogP contribution in [0.2, 0.25) is 10.0 Å². The predicted octanol–water partition coefficient (Wildman–Crippen LogP) is 4.96. The van der Waals surface area contributed by atoms with Crippen molar-refractivity contribution >= 4 is 35.0 Å². The summed E-state index contributed by atoms with van der Waals surface area (Å²) in [5.74, 6) is 0.838. The van der Waals surface area contributed by atoms with Crippen LogP contribution in [-0.4, -0.2) is 11.8 Å². The van der Waals surface area contributed by atoms with Crippen LogP contribution in [0.1, 0.15) is 11.1 Å². The zero-order valence-electron chi connectivity index (χ0n) is 11.3.